The zero-order valence-electron chi connectivity index (χ0n) is 18.6. The van der Waals surface area contributed by atoms with Gasteiger partial charge in [-0.15, -0.1) is 0 Å². The lowest BCUT2D eigenvalue weighted by molar-refractivity contribution is 0.104. The molecular formula is C25H31O4P. The molecule has 0 radical (unpaired) electrons. The van der Waals surface area contributed by atoms with Gasteiger partial charge in [0.1, 0.15) is 11.5 Å². The first-order chi connectivity index (χ1) is 14.4. The Balaban J connectivity index is 2.08. The molecule has 160 valence electrons. The highest BCUT2D eigenvalue weighted by atomic mass is 31.1. The van der Waals surface area contributed by atoms with Gasteiger partial charge in [0.05, 0.1) is 19.8 Å². The molecule has 1 unspecified atom stereocenters. The SMILES string of the molecule is COc1ccc(C(=O)P(C(=O)c2c(C)cc(C)cc2C)C2CCCCC2)c(OC)c1. The minimum absolute atomic E-state index is 0.00905. The molecule has 1 aliphatic rings. The molecule has 0 aromatic heterocycles. The number of rotatable bonds is 7. The molecule has 2 aromatic carbocycles. The van der Waals surface area contributed by atoms with E-state index >= 15 is 0 Å². The Hall–Kier alpha value is -2.19. The zero-order chi connectivity index (χ0) is 21.8. The largest absolute Gasteiger partial charge is 0.497 e. The van der Waals surface area contributed by atoms with Crippen molar-refractivity contribution in [3.05, 3.63) is 58.1 Å². The van der Waals surface area contributed by atoms with Crippen LogP contribution in [0.2, 0.25) is 0 Å². The van der Waals surface area contributed by atoms with E-state index < -0.39 is 7.92 Å². The highest BCUT2D eigenvalue weighted by Crippen LogP contribution is 2.54. The van der Waals surface area contributed by atoms with Crippen molar-refractivity contribution in [1.82, 2.24) is 0 Å². The molecule has 1 aliphatic carbocycles. The summed E-state index contributed by atoms with van der Waals surface area (Å²) < 4.78 is 10.8. The van der Waals surface area contributed by atoms with Crippen molar-refractivity contribution in [2.24, 2.45) is 0 Å². The molecule has 3 rings (SSSR count). The second kappa shape index (κ2) is 9.75. The van der Waals surface area contributed by atoms with E-state index in [0.29, 0.717) is 17.1 Å². The molecule has 30 heavy (non-hydrogen) atoms. The van der Waals surface area contributed by atoms with Gasteiger partial charge in [0.15, 0.2) is 11.0 Å². The lowest BCUT2D eigenvalue weighted by atomic mass is 10.0. The Morgan fingerprint density at radius 1 is 0.867 bits per heavy atom. The Morgan fingerprint density at radius 3 is 2.07 bits per heavy atom. The number of aryl methyl sites for hydroxylation is 3. The Bertz CT molecular complexity index is 921. The minimum Gasteiger partial charge on any atom is -0.497 e. The molecular weight excluding hydrogens is 395 g/mol. The van der Waals surface area contributed by atoms with E-state index in [9.17, 15) is 9.59 Å². The number of carbonyl (C=O) groups is 2. The van der Waals surface area contributed by atoms with Gasteiger partial charge in [-0.2, -0.15) is 0 Å². The first kappa shape index (κ1) is 22.5. The molecule has 1 fully saturated rings. The average Bonchev–Trinajstić information content (AvgIpc) is 2.73. The van der Waals surface area contributed by atoms with Crippen molar-refractivity contribution in [3.8, 4) is 11.5 Å². The third-order valence-electron chi connectivity index (χ3n) is 5.91. The van der Waals surface area contributed by atoms with Crippen LogP contribution in [0.4, 0.5) is 0 Å². The fraction of sp³-hybridized carbons (Fsp3) is 0.440. The fourth-order valence-electron chi connectivity index (χ4n) is 4.51. The summed E-state index contributed by atoms with van der Waals surface area (Å²) in [5.41, 5.74) is 4.29. The molecule has 0 saturated heterocycles. The van der Waals surface area contributed by atoms with Gasteiger partial charge in [0.2, 0.25) is 0 Å². The molecule has 0 bridgehead atoms. The van der Waals surface area contributed by atoms with Gasteiger partial charge in [-0.05, 0) is 62.5 Å². The predicted molar refractivity (Wildman–Crippen MR) is 123 cm³/mol. The summed E-state index contributed by atoms with van der Waals surface area (Å²) in [4.78, 5) is 27.7. The van der Waals surface area contributed by atoms with E-state index in [-0.39, 0.29) is 16.7 Å². The van der Waals surface area contributed by atoms with Crippen molar-refractivity contribution in [2.45, 2.75) is 58.5 Å². The van der Waals surface area contributed by atoms with Crippen LogP contribution < -0.4 is 9.47 Å². The Kier molecular flexibility index (Phi) is 7.31. The molecule has 2 aromatic rings. The minimum atomic E-state index is -1.53. The summed E-state index contributed by atoms with van der Waals surface area (Å²) in [5, 5.41) is 0. The summed E-state index contributed by atoms with van der Waals surface area (Å²) in [7, 11) is 1.60. The van der Waals surface area contributed by atoms with Gasteiger partial charge >= 0.3 is 0 Å². The fourth-order valence-corrected chi connectivity index (χ4v) is 7.27. The van der Waals surface area contributed by atoms with E-state index in [2.05, 4.69) is 0 Å². The predicted octanol–water partition coefficient (Wildman–Crippen LogP) is 6.42. The highest BCUT2D eigenvalue weighted by molar-refractivity contribution is 7.90. The zero-order valence-corrected chi connectivity index (χ0v) is 19.5. The van der Waals surface area contributed by atoms with E-state index in [1.807, 2.05) is 32.9 Å². The van der Waals surface area contributed by atoms with Crippen molar-refractivity contribution in [2.75, 3.05) is 14.2 Å². The maximum Gasteiger partial charge on any atom is 0.196 e. The van der Waals surface area contributed by atoms with Crippen molar-refractivity contribution in [3.63, 3.8) is 0 Å². The van der Waals surface area contributed by atoms with E-state index in [1.54, 1.807) is 32.4 Å². The number of benzene rings is 2. The maximum absolute atomic E-state index is 13.9. The van der Waals surface area contributed by atoms with Gasteiger partial charge < -0.3 is 9.47 Å². The van der Waals surface area contributed by atoms with Gasteiger partial charge in [0, 0.05) is 19.6 Å². The highest BCUT2D eigenvalue weighted by Gasteiger charge is 2.38. The third kappa shape index (κ3) is 4.59. The quantitative estimate of drug-likeness (QED) is 0.479. The summed E-state index contributed by atoms with van der Waals surface area (Å²) >= 11 is 0. The Labute approximate surface area is 180 Å². The second-order valence-electron chi connectivity index (χ2n) is 8.11. The van der Waals surface area contributed by atoms with Gasteiger partial charge in [-0.3, -0.25) is 9.59 Å². The van der Waals surface area contributed by atoms with Gasteiger partial charge in [0.25, 0.3) is 0 Å². The molecule has 5 heteroatoms. The van der Waals surface area contributed by atoms with E-state index in [0.717, 1.165) is 47.9 Å². The maximum atomic E-state index is 13.9. The van der Waals surface area contributed by atoms with Crippen LogP contribution in [0.1, 0.15) is 69.5 Å². The van der Waals surface area contributed by atoms with E-state index in [1.165, 1.54) is 6.42 Å². The number of ether oxygens (including phenoxy) is 2. The van der Waals surface area contributed by atoms with Crippen molar-refractivity contribution < 1.29 is 19.1 Å². The molecule has 0 amide bonds. The number of hydrogen-bond donors (Lipinski definition) is 0. The average molecular weight is 426 g/mol. The van der Waals surface area contributed by atoms with Crippen LogP contribution in [0.3, 0.4) is 0 Å². The van der Waals surface area contributed by atoms with E-state index in [4.69, 9.17) is 9.47 Å². The molecule has 1 saturated carbocycles. The van der Waals surface area contributed by atoms with Crippen LogP contribution >= 0.6 is 7.92 Å². The standard InChI is InChI=1S/C25H31O4P/c1-16-13-17(2)23(18(3)14-16)25(27)30(20-9-7-6-8-10-20)24(26)21-12-11-19(28-4)15-22(21)29-5/h11-15,20H,6-10H2,1-5H3. The van der Waals surface area contributed by atoms with Gasteiger partial charge in [-0.1, -0.05) is 37.0 Å². The Morgan fingerprint density at radius 2 is 1.50 bits per heavy atom. The van der Waals surface area contributed by atoms with Crippen LogP contribution in [0, 0.1) is 20.8 Å². The lowest BCUT2D eigenvalue weighted by Gasteiger charge is -2.29. The smallest absolute Gasteiger partial charge is 0.196 e. The normalized spacial score (nSPS) is 15.5. The van der Waals surface area contributed by atoms with Crippen LogP contribution in [0.25, 0.3) is 0 Å². The number of hydrogen-bond acceptors (Lipinski definition) is 4. The molecule has 0 aliphatic heterocycles. The molecule has 0 heterocycles. The molecule has 0 N–H and O–H groups in total. The first-order valence-electron chi connectivity index (χ1n) is 10.5. The topological polar surface area (TPSA) is 52.6 Å². The monoisotopic (exact) mass is 426 g/mol. The summed E-state index contributed by atoms with van der Waals surface area (Å²) in [6, 6.07) is 9.28. The lowest BCUT2D eigenvalue weighted by Crippen LogP contribution is -2.21. The van der Waals surface area contributed by atoms with Crippen LogP contribution in [0.5, 0.6) is 11.5 Å². The van der Waals surface area contributed by atoms with Crippen molar-refractivity contribution in [1.29, 1.82) is 0 Å². The number of methoxy groups -OCH3 is 2. The molecule has 0 spiro atoms. The second-order valence-corrected chi connectivity index (χ2v) is 10.4. The van der Waals surface area contributed by atoms with Crippen LogP contribution in [0.15, 0.2) is 30.3 Å². The van der Waals surface area contributed by atoms with Crippen LogP contribution in [-0.2, 0) is 0 Å². The molecule has 4 nitrogen and oxygen atoms in total. The van der Waals surface area contributed by atoms with Crippen LogP contribution in [-0.4, -0.2) is 30.9 Å². The molecule has 1 atom stereocenters. The summed E-state index contributed by atoms with van der Waals surface area (Å²) in [5.74, 6) is 1.09. The first-order valence-corrected chi connectivity index (χ1v) is 12.0. The summed E-state index contributed by atoms with van der Waals surface area (Å²) in [6.45, 7) is 5.98. The third-order valence-corrected chi connectivity index (χ3v) is 8.49. The van der Waals surface area contributed by atoms with Gasteiger partial charge in [-0.25, -0.2) is 0 Å². The summed E-state index contributed by atoms with van der Waals surface area (Å²) in [6.07, 6.45) is 5.21. The number of carbonyl (C=O) groups excluding carboxylic acids is 2. The van der Waals surface area contributed by atoms with Crippen molar-refractivity contribution >= 4 is 19.0 Å².